The molecule has 1 aromatic heterocycles. The first kappa shape index (κ1) is 12.1. The Hall–Kier alpha value is -0.940. The number of nitrogens with zero attached hydrogens (tertiary/aromatic N) is 3. The third kappa shape index (κ3) is 2.35. The van der Waals surface area contributed by atoms with Gasteiger partial charge in [-0.25, -0.2) is 0 Å². The van der Waals surface area contributed by atoms with Gasteiger partial charge in [0.15, 0.2) is 5.15 Å². The molecule has 0 spiro atoms. The highest BCUT2D eigenvalue weighted by Gasteiger charge is 2.32. The van der Waals surface area contributed by atoms with Gasteiger partial charge in [-0.05, 0) is 5.41 Å². The molecule has 0 aliphatic rings. The largest absolute Gasteiger partial charge is 0.315 e. The van der Waals surface area contributed by atoms with E-state index >= 15 is 0 Å². The molecule has 0 bridgehead atoms. The van der Waals surface area contributed by atoms with E-state index in [4.69, 9.17) is 23.2 Å². The van der Waals surface area contributed by atoms with Crippen LogP contribution in [0.5, 0.6) is 0 Å². The molecule has 7 heteroatoms. The molecule has 1 heterocycles. The summed E-state index contributed by atoms with van der Waals surface area (Å²) in [5, 5.41) is 17.6. The summed E-state index contributed by atoms with van der Waals surface area (Å²) in [6.07, 6.45) is 0. The predicted molar refractivity (Wildman–Crippen MR) is 57.4 cm³/mol. The van der Waals surface area contributed by atoms with E-state index in [1.165, 1.54) is 0 Å². The van der Waals surface area contributed by atoms with Crippen LogP contribution in [-0.2, 0) is 5.41 Å². The fourth-order valence-corrected chi connectivity index (χ4v) is 1.83. The standard InChI is InChI=1S/C8H9Cl2N3O2/c1-8(2,3)4-5(13(14)15)7(10)12-11-6(4)9/h1-3H3. The van der Waals surface area contributed by atoms with E-state index in [0.717, 1.165) is 0 Å². The molecular formula is C8H9Cl2N3O2. The van der Waals surface area contributed by atoms with Crippen molar-refractivity contribution in [3.8, 4) is 0 Å². The Bertz CT molecular complexity index is 415. The second-order valence-corrected chi connectivity index (χ2v) is 4.73. The predicted octanol–water partition coefficient (Wildman–Crippen LogP) is 2.99. The lowest BCUT2D eigenvalue weighted by molar-refractivity contribution is -0.386. The fourth-order valence-electron chi connectivity index (χ4n) is 1.22. The van der Waals surface area contributed by atoms with E-state index in [1.54, 1.807) is 20.8 Å². The van der Waals surface area contributed by atoms with E-state index in [0.29, 0.717) is 5.56 Å². The number of rotatable bonds is 1. The van der Waals surface area contributed by atoms with Crippen molar-refractivity contribution in [3.63, 3.8) is 0 Å². The summed E-state index contributed by atoms with van der Waals surface area (Å²) in [4.78, 5) is 10.2. The van der Waals surface area contributed by atoms with E-state index in [-0.39, 0.29) is 16.0 Å². The first-order valence-corrected chi connectivity index (χ1v) is 4.87. The summed E-state index contributed by atoms with van der Waals surface area (Å²) in [7, 11) is 0. The van der Waals surface area contributed by atoms with Crippen molar-refractivity contribution < 1.29 is 4.92 Å². The Morgan fingerprint density at radius 1 is 1.20 bits per heavy atom. The van der Waals surface area contributed by atoms with Crippen molar-refractivity contribution in [1.29, 1.82) is 0 Å². The van der Waals surface area contributed by atoms with Crippen molar-refractivity contribution in [1.82, 2.24) is 10.2 Å². The number of hydrogen-bond acceptors (Lipinski definition) is 4. The number of halogens is 2. The van der Waals surface area contributed by atoms with Crippen LogP contribution in [0, 0.1) is 10.1 Å². The minimum atomic E-state index is -0.594. The molecule has 15 heavy (non-hydrogen) atoms. The van der Waals surface area contributed by atoms with Crippen LogP contribution in [0.2, 0.25) is 10.3 Å². The van der Waals surface area contributed by atoms with Crippen molar-refractivity contribution in [2.45, 2.75) is 26.2 Å². The third-order valence-electron chi connectivity index (χ3n) is 1.80. The Kier molecular flexibility index (Phi) is 3.16. The van der Waals surface area contributed by atoms with E-state index in [1.807, 2.05) is 0 Å². The maximum atomic E-state index is 10.8. The van der Waals surface area contributed by atoms with Gasteiger partial charge in [0, 0.05) is 0 Å². The fraction of sp³-hybridized carbons (Fsp3) is 0.500. The molecule has 0 saturated carbocycles. The zero-order valence-electron chi connectivity index (χ0n) is 8.41. The summed E-state index contributed by atoms with van der Waals surface area (Å²) in [6, 6.07) is 0. The average Bonchev–Trinajstić information content (AvgIpc) is 2.05. The Morgan fingerprint density at radius 2 is 1.67 bits per heavy atom. The number of hydrogen-bond donors (Lipinski definition) is 0. The molecule has 1 rings (SSSR count). The smallest absolute Gasteiger partial charge is 0.258 e. The molecular weight excluding hydrogens is 241 g/mol. The lowest BCUT2D eigenvalue weighted by Crippen LogP contribution is -2.16. The highest BCUT2D eigenvalue weighted by Crippen LogP contribution is 2.38. The Labute approximate surface area is 96.6 Å². The van der Waals surface area contributed by atoms with Crippen LogP contribution in [-0.4, -0.2) is 15.1 Å². The molecule has 0 aromatic carbocycles. The van der Waals surface area contributed by atoms with Gasteiger partial charge in [-0.3, -0.25) is 10.1 Å². The zero-order chi connectivity index (χ0) is 11.8. The molecule has 0 unspecified atom stereocenters. The third-order valence-corrected chi connectivity index (χ3v) is 2.32. The zero-order valence-corrected chi connectivity index (χ0v) is 9.93. The lowest BCUT2D eigenvalue weighted by Gasteiger charge is -2.19. The van der Waals surface area contributed by atoms with Gasteiger partial charge in [0.05, 0.1) is 10.5 Å². The molecule has 0 amide bonds. The summed E-state index contributed by atoms with van der Waals surface area (Å²) in [6.45, 7) is 5.37. The molecule has 0 atom stereocenters. The van der Waals surface area contributed by atoms with Crippen molar-refractivity contribution >= 4 is 28.9 Å². The molecule has 0 aliphatic carbocycles. The molecule has 0 aliphatic heterocycles. The second kappa shape index (κ2) is 3.90. The quantitative estimate of drug-likeness (QED) is 0.567. The van der Waals surface area contributed by atoms with E-state index in [9.17, 15) is 10.1 Å². The monoisotopic (exact) mass is 249 g/mol. The molecule has 0 radical (unpaired) electrons. The van der Waals surface area contributed by atoms with Crippen LogP contribution in [0.1, 0.15) is 26.3 Å². The van der Waals surface area contributed by atoms with Gasteiger partial charge in [0.25, 0.3) is 0 Å². The van der Waals surface area contributed by atoms with Crippen molar-refractivity contribution in [2.75, 3.05) is 0 Å². The SMILES string of the molecule is CC(C)(C)c1c(Cl)nnc(Cl)c1[N+](=O)[O-]. The molecule has 5 nitrogen and oxygen atoms in total. The second-order valence-electron chi connectivity index (χ2n) is 4.01. The van der Waals surface area contributed by atoms with Gasteiger partial charge in [0.2, 0.25) is 5.15 Å². The van der Waals surface area contributed by atoms with Crippen molar-refractivity contribution in [3.05, 3.63) is 26.0 Å². The summed E-state index contributed by atoms with van der Waals surface area (Å²) in [5.74, 6) is 0. The molecule has 82 valence electrons. The average molecular weight is 250 g/mol. The molecule has 0 N–H and O–H groups in total. The molecule has 0 saturated heterocycles. The molecule has 1 aromatic rings. The number of nitro groups is 1. The normalized spacial score (nSPS) is 11.5. The van der Waals surface area contributed by atoms with Gasteiger partial charge < -0.3 is 0 Å². The van der Waals surface area contributed by atoms with Gasteiger partial charge in [-0.1, -0.05) is 44.0 Å². The summed E-state index contributed by atoms with van der Waals surface area (Å²) >= 11 is 11.4. The van der Waals surface area contributed by atoms with Gasteiger partial charge >= 0.3 is 5.69 Å². The minimum absolute atomic E-state index is 0.0126. The van der Waals surface area contributed by atoms with Crippen LogP contribution >= 0.6 is 23.2 Å². The minimum Gasteiger partial charge on any atom is -0.258 e. The number of aromatic nitrogens is 2. The lowest BCUT2D eigenvalue weighted by atomic mass is 9.87. The molecule has 0 fully saturated rings. The van der Waals surface area contributed by atoms with Crippen LogP contribution in [0.25, 0.3) is 0 Å². The topological polar surface area (TPSA) is 68.9 Å². The van der Waals surface area contributed by atoms with Gasteiger partial charge in [0.1, 0.15) is 0 Å². The van der Waals surface area contributed by atoms with Gasteiger partial charge in [-0.15, -0.1) is 10.2 Å². The summed E-state index contributed by atoms with van der Waals surface area (Å²) < 4.78 is 0. The maximum Gasteiger partial charge on any atom is 0.315 e. The van der Waals surface area contributed by atoms with E-state index in [2.05, 4.69) is 10.2 Å². The van der Waals surface area contributed by atoms with Crippen LogP contribution in [0.15, 0.2) is 0 Å². The van der Waals surface area contributed by atoms with Crippen LogP contribution in [0.4, 0.5) is 5.69 Å². The highest BCUT2D eigenvalue weighted by atomic mass is 35.5. The Balaban J connectivity index is 3.60. The summed E-state index contributed by atoms with van der Waals surface area (Å²) in [5.41, 5.74) is -0.489. The van der Waals surface area contributed by atoms with Gasteiger partial charge in [-0.2, -0.15) is 0 Å². The van der Waals surface area contributed by atoms with Crippen molar-refractivity contribution in [2.24, 2.45) is 0 Å². The first-order chi connectivity index (χ1) is 6.75. The van der Waals surface area contributed by atoms with Crippen LogP contribution in [0.3, 0.4) is 0 Å². The van der Waals surface area contributed by atoms with Crippen LogP contribution < -0.4 is 0 Å². The Morgan fingerprint density at radius 3 is 2.00 bits per heavy atom. The first-order valence-electron chi connectivity index (χ1n) is 4.11. The maximum absolute atomic E-state index is 10.8. The van der Waals surface area contributed by atoms with E-state index < -0.39 is 10.3 Å². The highest BCUT2D eigenvalue weighted by molar-refractivity contribution is 6.33.